The van der Waals surface area contributed by atoms with Crippen LogP contribution in [0.15, 0.2) is 0 Å². The number of hydrogen-bond donors (Lipinski definition) is 3. The number of carbonyl (C=O) groups excluding carboxylic acids is 2. The summed E-state index contributed by atoms with van der Waals surface area (Å²) in [5.41, 5.74) is -2.72. The molecule has 0 bridgehead atoms. The molecule has 0 rings (SSSR count). The Morgan fingerprint density at radius 3 is 1.80 bits per heavy atom. The molecule has 0 aliphatic heterocycles. The number of phosphoric ester groups is 1. The Labute approximate surface area is 113 Å². The van der Waals surface area contributed by atoms with Gasteiger partial charge in [0.25, 0.3) is 0 Å². The standard InChI is InChI=1S/C8H14NO10P/c1-16-5(10)3-8(7(12)13,4-6(11)17-2)18-20(14,15)19-9/h3-4,9H2,1-2H3,(H,12,13)(H,14,15). The van der Waals surface area contributed by atoms with Crippen LogP contribution < -0.4 is 5.90 Å². The van der Waals surface area contributed by atoms with Crippen molar-refractivity contribution in [1.29, 1.82) is 0 Å². The summed E-state index contributed by atoms with van der Waals surface area (Å²) in [4.78, 5) is 42.8. The molecule has 1 unspecified atom stereocenters. The summed E-state index contributed by atoms with van der Waals surface area (Å²) in [5.74, 6) is 0.395. The Morgan fingerprint density at radius 2 is 1.55 bits per heavy atom. The van der Waals surface area contributed by atoms with E-state index in [1.54, 1.807) is 0 Å². The maximum absolute atomic E-state index is 11.3. The molecule has 0 radical (unpaired) electrons. The largest absolute Gasteiger partial charge is 0.489 e. The van der Waals surface area contributed by atoms with Crippen molar-refractivity contribution in [1.82, 2.24) is 0 Å². The molecule has 0 saturated carbocycles. The van der Waals surface area contributed by atoms with E-state index >= 15 is 0 Å². The molecular weight excluding hydrogens is 301 g/mol. The van der Waals surface area contributed by atoms with Crippen molar-refractivity contribution in [3.8, 4) is 0 Å². The lowest BCUT2D eigenvalue weighted by Crippen LogP contribution is -2.45. The molecule has 0 aromatic rings. The van der Waals surface area contributed by atoms with Crippen molar-refractivity contribution in [2.75, 3.05) is 14.2 Å². The minimum atomic E-state index is -5.00. The molecule has 20 heavy (non-hydrogen) atoms. The predicted molar refractivity (Wildman–Crippen MR) is 59.8 cm³/mol. The van der Waals surface area contributed by atoms with Crippen LogP contribution in [0.3, 0.4) is 0 Å². The van der Waals surface area contributed by atoms with Crippen LogP contribution in [-0.4, -0.2) is 47.7 Å². The molecule has 4 N–H and O–H groups in total. The molecule has 0 aromatic carbocycles. The van der Waals surface area contributed by atoms with Crippen molar-refractivity contribution in [3.63, 3.8) is 0 Å². The van der Waals surface area contributed by atoms with Gasteiger partial charge in [-0.15, -0.1) is 0 Å². The maximum atomic E-state index is 11.3. The summed E-state index contributed by atoms with van der Waals surface area (Å²) in [6, 6.07) is 0. The molecule has 116 valence electrons. The number of esters is 2. The molecule has 0 aromatic heterocycles. The highest BCUT2D eigenvalue weighted by molar-refractivity contribution is 7.47. The van der Waals surface area contributed by atoms with Gasteiger partial charge in [-0.2, -0.15) is 0 Å². The number of carbonyl (C=O) groups is 3. The summed E-state index contributed by atoms with van der Waals surface area (Å²) in [5, 5.41) is 9.10. The second-order valence-corrected chi connectivity index (χ2v) is 4.80. The molecular formula is C8H14NO10P. The summed E-state index contributed by atoms with van der Waals surface area (Å²) < 4.78 is 27.7. The first kappa shape index (κ1) is 18.5. The fraction of sp³-hybridized carbons (Fsp3) is 0.625. The molecule has 0 saturated heterocycles. The summed E-state index contributed by atoms with van der Waals surface area (Å²) in [7, 11) is -3.10. The van der Waals surface area contributed by atoms with E-state index in [0.717, 1.165) is 14.2 Å². The van der Waals surface area contributed by atoms with Gasteiger partial charge in [0.15, 0.2) is 5.60 Å². The molecule has 12 heteroatoms. The molecule has 11 nitrogen and oxygen atoms in total. The van der Waals surface area contributed by atoms with Gasteiger partial charge in [0.05, 0.1) is 27.1 Å². The topological polar surface area (TPSA) is 172 Å². The number of rotatable bonds is 8. The number of phosphoric acid groups is 1. The zero-order valence-electron chi connectivity index (χ0n) is 10.6. The number of carboxylic acid groups (broad SMARTS) is 1. The molecule has 0 fully saturated rings. The van der Waals surface area contributed by atoms with Gasteiger partial charge in [0.2, 0.25) is 0 Å². The van der Waals surface area contributed by atoms with E-state index in [9.17, 15) is 18.9 Å². The zero-order valence-corrected chi connectivity index (χ0v) is 11.5. The van der Waals surface area contributed by atoms with E-state index in [-0.39, 0.29) is 0 Å². The van der Waals surface area contributed by atoms with Crippen molar-refractivity contribution >= 4 is 25.7 Å². The first-order valence-electron chi connectivity index (χ1n) is 4.91. The van der Waals surface area contributed by atoms with Gasteiger partial charge in [0.1, 0.15) is 0 Å². The quantitative estimate of drug-likeness (QED) is 0.283. The lowest BCUT2D eigenvalue weighted by atomic mass is 9.96. The van der Waals surface area contributed by atoms with Crippen LogP contribution in [0.1, 0.15) is 12.8 Å². The van der Waals surface area contributed by atoms with Crippen molar-refractivity contribution in [2.45, 2.75) is 18.4 Å². The molecule has 0 spiro atoms. The van der Waals surface area contributed by atoms with Gasteiger partial charge in [-0.3, -0.25) is 14.1 Å². The Balaban J connectivity index is 5.55. The predicted octanol–water partition coefficient (Wildman–Crippen LogP) is -1.06. The highest BCUT2D eigenvalue weighted by Crippen LogP contribution is 2.47. The SMILES string of the molecule is COC(=O)CC(CC(=O)OC)(OP(=O)(O)ON)C(=O)O. The van der Waals surface area contributed by atoms with Crippen molar-refractivity contribution < 1.29 is 47.6 Å². The molecule has 0 heterocycles. The first-order chi connectivity index (χ1) is 9.12. The average molecular weight is 315 g/mol. The van der Waals surface area contributed by atoms with Gasteiger partial charge in [-0.1, -0.05) is 0 Å². The van der Waals surface area contributed by atoms with E-state index < -0.39 is 44.2 Å². The average Bonchev–Trinajstić information content (AvgIpc) is 2.37. The molecule has 0 aliphatic carbocycles. The van der Waals surface area contributed by atoms with E-state index in [4.69, 9.17) is 10.00 Å². The lowest BCUT2D eigenvalue weighted by molar-refractivity contribution is -0.170. The Bertz CT molecular complexity index is 417. The van der Waals surface area contributed by atoms with Crippen LogP contribution in [0, 0.1) is 0 Å². The van der Waals surface area contributed by atoms with Gasteiger partial charge < -0.3 is 19.5 Å². The van der Waals surface area contributed by atoms with Crippen LogP contribution in [0.4, 0.5) is 0 Å². The number of carboxylic acids is 1. The zero-order chi connectivity index (χ0) is 16.0. The third-order valence-corrected chi connectivity index (χ3v) is 2.97. The normalized spacial score (nSPS) is 14.2. The van der Waals surface area contributed by atoms with Gasteiger partial charge in [-0.05, 0) is 0 Å². The van der Waals surface area contributed by atoms with Crippen LogP contribution in [0.5, 0.6) is 0 Å². The number of aliphatic carboxylic acids is 1. The Morgan fingerprint density at radius 1 is 1.15 bits per heavy atom. The maximum Gasteiger partial charge on any atom is 0.489 e. The first-order valence-corrected chi connectivity index (χ1v) is 6.41. The van der Waals surface area contributed by atoms with Gasteiger partial charge >= 0.3 is 25.7 Å². The van der Waals surface area contributed by atoms with Crippen LogP contribution in [0.2, 0.25) is 0 Å². The summed E-state index contributed by atoms with van der Waals surface area (Å²) in [6.07, 6.45) is -2.08. The third kappa shape index (κ3) is 5.23. The second kappa shape index (κ2) is 7.31. The lowest BCUT2D eigenvalue weighted by Gasteiger charge is -2.27. The highest BCUT2D eigenvalue weighted by Gasteiger charge is 2.50. The number of methoxy groups -OCH3 is 2. The Kier molecular flexibility index (Phi) is 6.76. The Hall–Kier alpha value is -1.52. The van der Waals surface area contributed by atoms with Crippen molar-refractivity contribution in [3.05, 3.63) is 0 Å². The van der Waals surface area contributed by atoms with Crippen molar-refractivity contribution in [2.24, 2.45) is 5.90 Å². The fourth-order valence-corrected chi connectivity index (χ4v) is 1.86. The fourth-order valence-electron chi connectivity index (χ4n) is 1.17. The minimum absolute atomic E-state index is 0.949. The third-order valence-electron chi connectivity index (χ3n) is 2.13. The number of ether oxygens (including phenoxy) is 2. The number of nitrogens with two attached hydrogens (primary N) is 1. The second-order valence-electron chi connectivity index (χ2n) is 3.47. The smallest absolute Gasteiger partial charge is 0.479 e. The molecule has 1 atom stereocenters. The molecule has 0 amide bonds. The van der Waals surface area contributed by atoms with E-state index in [1.165, 1.54) is 0 Å². The van der Waals surface area contributed by atoms with E-state index in [0.29, 0.717) is 0 Å². The van der Waals surface area contributed by atoms with Crippen LogP contribution in [-0.2, 0) is 37.6 Å². The highest BCUT2D eigenvalue weighted by atomic mass is 31.2. The van der Waals surface area contributed by atoms with Crippen LogP contribution in [0.25, 0.3) is 0 Å². The minimum Gasteiger partial charge on any atom is -0.479 e. The number of hydrogen-bond acceptors (Lipinski definition) is 9. The van der Waals surface area contributed by atoms with E-state index in [1.807, 2.05) is 0 Å². The molecule has 0 aliphatic rings. The van der Waals surface area contributed by atoms with Crippen LogP contribution >= 0.6 is 7.82 Å². The monoisotopic (exact) mass is 315 g/mol. The summed E-state index contributed by atoms with van der Waals surface area (Å²) in [6.45, 7) is 0. The van der Waals surface area contributed by atoms with E-state index in [2.05, 4.69) is 24.5 Å². The van der Waals surface area contributed by atoms with Gasteiger partial charge in [-0.25, -0.2) is 19.9 Å². The van der Waals surface area contributed by atoms with Gasteiger partial charge in [0, 0.05) is 0 Å². The summed E-state index contributed by atoms with van der Waals surface area (Å²) >= 11 is 0.